The van der Waals surface area contributed by atoms with Crippen LogP contribution in [0.1, 0.15) is 38.7 Å². The van der Waals surface area contributed by atoms with Crippen LogP contribution < -0.4 is 10.5 Å². The SMILES string of the molecule is CCOC(=O)C(CN)(CC1COc2ccccc21)C(C)C. The molecule has 4 nitrogen and oxygen atoms in total. The van der Waals surface area contributed by atoms with Crippen LogP contribution >= 0.6 is 0 Å². The second-order valence-electron chi connectivity index (χ2n) is 5.99. The van der Waals surface area contributed by atoms with Gasteiger partial charge in [-0.25, -0.2) is 0 Å². The van der Waals surface area contributed by atoms with Gasteiger partial charge in [0.25, 0.3) is 0 Å². The van der Waals surface area contributed by atoms with Gasteiger partial charge in [0.15, 0.2) is 0 Å². The Morgan fingerprint density at radius 3 is 2.81 bits per heavy atom. The number of fused-ring (bicyclic) bond motifs is 1. The van der Waals surface area contributed by atoms with Crippen LogP contribution in [0.3, 0.4) is 0 Å². The molecular weight excluding hydrogens is 266 g/mol. The molecule has 1 aliphatic rings. The molecule has 0 amide bonds. The fourth-order valence-corrected chi connectivity index (χ4v) is 3.07. The lowest BCUT2D eigenvalue weighted by Gasteiger charge is -2.35. The quantitative estimate of drug-likeness (QED) is 0.819. The molecule has 2 unspecified atom stereocenters. The molecular formula is C17H25NO3. The van der Waals surface area contributed by atoms with Crippen molar-refractivity contribution >= 4 is 5.97 Å². The minimum absolute atomic E-state index is 0.120. The Balaban J connectivity index is 2.26. The van der Waals surface area contributed by atoms with Gasteiger partial charge in [0.1, 0.15) is 5.75 Å². The molecule has 1 aromatic carbocycles. The monoisotopic (exact) mass is 291 g/mol. The van der Waals surface area contributed by atoms with Gasteiger partial charge < -0.3 is 15.2 Å². The minimum Gasteiger partial charge on any atom is -0.493 e. The molecule has 1 aromatic rings. The van der Waals surface area contributed by atoms with E-state index in [2.05, 4.69) is 6.07 Å². The van der Waals surface area contributed by atoms with E-state index < -0.39 is 5.41 Å². The van der Waals surface area contributed by atoms with Gasteiger partial charge in [-0.15, -0.1) is 0 Å². The van der Waals surface area contributed by atoms with Crippen LogP contribution in [0, 0.1) is 11.3 Å². The van der Waals surface area contributed by atoms with Gasteiger partial charge in [-0.05, 0) is 25.3 Å². The minimum atomic E-state index is -0.651. The predicted octanol–water partition coefficient (Wildman–Crippen LogP) is 2.72. The maximum absolute atomic E-state index is 12.5. The zero-order chi connectivity index (χ0) is 15.5. The third kappa shape index (κ3) is 2.91. The first kappa shape index (κ1) is 15.8. The molecule has 2 atom stereocenters. The van der Waals surface area contributed by atoms with Crippen LogP contribution in [0.2, 0.25) is 0 Å². The van der Waals surface area contributed by atoms with E-state index in [1.165, 1.54) is 5.56 Å². The summed E-state index contributed by atoms with van der Waals surface area (Å²) in [6, 6.07) is 8.01. The van der Waals surface area contributed by atoms with Crippen molar-refractivity contribution in [3.05, 3.63) is 29.8 Å². The summed E-state index contributed by atoms with van der Waals surface area (Å²) in [6.45, 7) is 7.17. The molecule has 2 N–H and O–H groups in total. The topological polar surface area (TPSA) is 61.5 Å². The van der Waals surface area contributed by atoms with Crippen LogP contribution in [0.4, 0.5) is 0 Å². The Labute approximate surface area is 126 Å². The Bertz CT molecular complexity index is 501. The molecule has 0 saturated carbocycles. The number of para-hydroxylation sites is 1. The lowest BCUT2D eigenvalue weighted by molar-refractivity contribution is -0.158. The molecule has 0 aliphatic carbocycles. The second-order valence-corrected chi connectivity index (χ2v) is 5.99. The van der Waals surface area contributed by atoms with Gasteiger partial charge in [-0.3, -0.25) is 4.79 Å². The number of ether oxygens (including phenoxy) is 2. The lowest BCUT2D eigenvalue weighted by atomic mass is 9.70. The summed E-state index contributed by atoms with van der Waals surface area (Å²) in [5.74, 6) is 1.04. The van der Waals surface area contributed by atoms with Gasteiger partial charge >= 0.3 is 5.97 Å². The molecule has 116 valence electrons. The summed E-state index contributed by atoms with van der Waals surface area (Å²) < 4.78 is 11.0. The molecule has 0 saturated heterocycles. The van der Waals surface area contributed by atoms with Gasteiger partial charge in [0.05, 0.1) is 18.6 Å². The largest absolute Gasteiger partial charge is 0.493 e. The number of benzene rings is 1. The van der Waals surface area contributed by atoms with Crippen molar-refractivity contribution in [1.82, 2.24) is 0 Å². The van der Waals surface area contributed by atoms with E-state index in [0.717, 1.165) is 5.75 Å². The third-order valence-corrected chi connectivity index (χ3v) is 4.56. The molecule has 21 heavy (non-hydrogen) atoms. The summed E-state index contributed by atoms with van der Waals surface area (Å²) in [7, 11) is 0. The van der Waals surface area contributed by atoms with Gasteiger partial charge in [-0.2, -0.15) is 0 Å². The van der Waals surface area contributed by atoms with E-state index in [-0.39, 0.29) is 17.8 Å². The van der Waals surface area contributed by atoms with Crippen molar-refractivity contribution in [1.29, 1.82) is 0 Å². The first-order valence-corrected chi connectivity index (χ1v) is 7.64. The van der Waals surface area contributed by atoms with E-state index in [1.54, 1.807) is 0 Å². The number of rotatable bonds is 6. The van der Waals surface area contributed by atoms with Crippen molar-refractivity contribution in [3.63, 3.8) is 0 Å². The zero-order valence-corrected chi connectivity index (χ0v) is 13.1. The highest BCUT2D eigenvalue weighted by Gasteiger charge is 2.45. The van der Waals surface area contributed by atoms with Crippen LogP contribution in [0.15, 0.2) is 24.3 Å². The maximum Gasteiger partial charge on any atom is 0.313 e. The normalized spacial score (nSPS) is 19.8. The van der Waals surface area contributed by atoms with E-state index >= 15 is 0 Å². The van der Waals surface area contributed by atoms with E-state index in [9.17, 15) is 4.79 Å². The number of nitrogens with two attached hydrogens (primary N) is 1. The molecule has 4 heteroatoms. The average Bonchev–Trinajstić information content (AvgIpc) is 2.87. The van der Waals surface area contributed by atoms with E-state index in [4.69, 9.17) is 15.2 Å². The Kier molecular flexibility index (Phi) is 4.88. The zero-order valence-electron chi connectivity index (χ0n) is 13.1. The third-order valence-electron chi connectivity index (χ3n) is 4.56. The Morgan fingerprint density at radius 1 is 1.48 bits per heavy atom. The summed E-state index contributed by atoms with van der Waals surface area (Å²) in [5.41, 5.74) is 6.51. The van der Waals surface area contributed by atoms with Crippen molar-refractivity contribution in [2.75, 3.05) is 19.8 Å². The van der Waals surface area contributed by atoms with Crippen molar-refractivity contribution in [2.45, 2.75) is 33.1 Å². The number of esters is 1. The number of carbonyl (C=O) groups excluding carboxylic acids is 1. The second kappa shape index (κ2) is 6.48. The van der Waals surface area contributed by atoms with Crippen LogP contribution in [-0.2, 0) is 9.53 Å². The highest BCUT2D eigenvalue weighted by Crippen LogP contribution is 2.44. The summed E-state index contributed by atoms with van der Waals surface area (Å²) in [5, 5.41) is 0. The highest BCUT2D eigenvalue weighted by atomic mass is 16.5. The molecule has 1 heterocycles. The molecule has 0 aromatic heterocycles. The fourth-order valence-electron chi connectivity index (χ4n) is 3.07. The number of hydrogen-bond acceptors (Lipinski definition) is 4. The van der Waals surface area contributed by atoms with Gasteiger partial charge in [-0.1, -0.05) is 32.0 Å². The summed E-state index contributed by atoms with van der Waals surface area (Å²) >= 11 is 0. The molecule has 1 aliphatic heterocycles. The predicted molar refractivity (Wildman–Crippen MR) is 82.3 cm³/mol. The van der Waals surface area contributed by atoms with E-state index in [0.29, 0.717) is 26.2 Å². The first-order valence-electron chi connectivity index (χ1n) is 7.64. The smallest absolute Gasteiger partial charge is 0.313 e. The molecule has 0 radical (unpaired) electrons. The summed E-state index contributed by atoms with van der Waals surface area (Å²) in [4.78, 5) is 12.5. The standard InChI is InChI=1S/C17H25NO3/c1-4-20-16(19)17(11-18,12(2)3)9-13-10-21-15-8-6-5-7-14(13)15/h5-8,12-13H,4,9-11,18H2,1-3H3. The number of hydrogen-bond donors (Lipinski definition) is 1. The number of carbonyl (C=O) groups is 1. The van der Waals surface area contributed by atoms with Crippen LogP contribution in [0.5, 0.6) is 5.75 Å². The molecule has 0 spiro atoms. The van der Waals surface area contributed by atoms with Crippen LogP contribution in [0.25, 0.3) is 0 Å². The molecule has 2 rings (SSSR count). The maximum atomic E-state index is 12.5. The van der Waals surface area contributed by atoms with Crippen molar-refractivity contribution in [2.24, 2.45) is 17.1 Å². The van der Waals surface area contributed by atoms with Crippen molar-refractivity contribution < 1.29 is 14.3 Å². The highest BCUT2D eigenvalue weighted by molar-refractivity contribution is 5.77. The van der Waals surface area contributed by atoms with Gasteiger partial charge in [0.2, 0.25) is 0 Å². The lowest BCUT2D eigenvalue weighted by Crippen LogP contribution is -2.45. The fraction of sp³-hybridized carbons (Fsp3) is 0.588. The Morgan fingerprint density at radius 2 is 2.19 bits per heavy atom. The van der Waals surface area contributed by atoms with Gasteiger partial charge in [0, 0.05) is 18.0 Å². The van der Waals surface area contributed by atoms with Crippen molar-refractivity contribution in [3.8, 4) is 5.75 Å². The summed E-state index contributed by atoms with van der Waals surface area (Å²) in [6.07, 6.45) is 0.664. The first-order chi connectivity index (χ1) is 10.0. The average molecular weight is 291 g/mol. The molecule has 0 fully saturated rings. The molecule has 0 bridgehead atoms. The van der Waals surface area contributed by atoms with E-state index in [1.807, 2.05) is 39.0 Å². The van der Waals surface area contributed by atoms with Crippen LogP contribution in [-0.4, -0.2) is 25.7 Å². The Hall–Kier alpha value is -1.55.